The van der Waals surface area contributed by atoms with Gasteiger partial charge in [0.15, 0.2) is 21.3 Å². The van der Waals surface area contributed by atoms with Crippen LogP contribution in [0.5, 0.6) is 0 Å². The number of likely N-dealkylation sites (N-methyl/N-ethyl adjacent to an activating group) is 2. The predicted molar refractivity (Wildman–Crippen MR) is 122 cm³/mol. The number of aromatic nitrogens is 1. The number of amides is 2. The Kier molecular flexibility index (Phi) is 7.58. The van der Waals surface area contributed by atoms with Gasteiger partial charge in [-0.3, -0.25) is 9.78 Å². The summed E-state index contributed by atoms with van der Waals surface area (Å²) in [5, 5.41) is 13.9. The summed E-state index contributed by atoms with van der Waals surface area (Å²) in [5.41, 5.74) is 0.305. The second kappa shape index (κ2) is 10.1. The molecule has 0 saturated carbocycles. The van der Waals surface area contributed by atoms with Crippen molar-refractivity contribution < 1.29 is 32.6 Å². The fourth-order valence-corrected chi connectivity index (χ4v) is 6.32. The first kappa shape index (κ1) is 25.6. The van der Waals surface area contributed by atoms with Crippen LogP contribution in [0.25, 0.3) is 6.08 Å². The van der Waals surface area contributed by atoms with Crippen molar-refractivity contribution in [1.82, 2.24) is 25.4 Å². The Labute approximate surface area is 197 Å². The first-order valence-electron chi connectivity index (χ1n) is 10.7. The lowest BCUT2D eigenvalue weighted by Crippen LogP contribution is -2.59. The predicted octanol–water partition coefficient (Wildman–Crippen LogP) is -0.849. The quantitative estimate of drug-likeness (QED) is 0.276. The first-order chi connectivity index (χ1) is 16.0. The van der Waals surface area contributed by atoms with Crippen molar-refractivity contribution in [3.8, 4) is 0 Å². The maximum atomic E-state index is 13.4. The zero-order valence-electron chi connectivity index (χ0n) is 19.2. The number of ether oxygens (including phenoxy) is 1. The first-order valence-corrected chi connectivity index (χ1v) is 12.2. The van der Waals surface area contributed by atoms with Gasteiger partial charge in [-0.05, 0) is 39.2 Å². The smallest absolute Gasteiger partial charge is 0.407 e. The summed E-state index contributed by atoms with van der Waals surface area (Å²) < 4.78 is 29.9. The highest BCUT2D eigenvalue weighted by Crippen LogP contribution is 2.49. The van der Waals surface area contributed by atoms with Crippen LogP contribution in [0, 0.1) is 0 Å². The number of fused-ring (bicyclic) bond motifs is 1. The van der Waals surface area contributed by atoms with Gasteiger partial charge in [-0.15, -0.1) is 0 Å². The fraction of sp³-hybridized carbons (Fsp3) is 0.524. The van der Waals surface area contributed by atoms with E-state index in [4.69, 9.17) is 4.74 Å². The third kappa shape index (κ3) is 4.63. The van der Waals surface area contributed by atoms with Gasteiger partial charge in [0.2, 0.25) is 0 Å². The second-order valence-electron chi connectivity index (χ2n) is 8.43. The van der Waals surface area contributed by atoms with E-state index in [0.717, 1.165) is 18.0 Å². The normalized spacial score (nSPS) is 26.3. The maximum Gasteiger partial charge on any atom is 0.407 e. The third-order valence-electron chi connectivity index (χ3n) is 6.02. The molecule has 34 heavy (non-hydrogen) atoms. The monoisotopic (exact) mass is 495 g/mol. The molecule has 0 spiro atoms. The van der Waals surface area contributed by atoms with Gasteiger partial charge in [0.25, 0.3) is 5.91 Å². The van der Waals surface area contributed by atoms with E-state index in [0.29, 0.717) is 12.2 Å². The Morgan fingerprint density at radius 2 is 2.03 bits per heavy atom. The van der Waals surface area contributed by atoms with Gasteiger partial charge in [-0.1, -0.05) is 6.07 Å². The number of hydrogen-bond acceptors (Lipinski definition) is 9. The standard InChI is InChI=1S/C21H29N5O7S/c1-21(13-33-20(30)24-9-11-25(3)10-8-22-2)16(19(28)29)26-17(27)15(18(26)34(21,31)32)12-14-6-4-5-7-23-14/h4-7,12,16,18,22H,8-11,13H2,1-3H3,(H,24,30)(H,28,29)/b15-12-/t16-,18+,21-/m0/s1. The Balaban J connectivity index is 1.73. The average Bonchev–Trinajstić information content (AvgIpc) is 2.96. The molecule has 2 aliphatic heterocycles. The topological polar surface area (TPSA) is 158 Å². The number of aliphatic carboxylic acids is 1. The molecule has 12 nitrogen and oxygen atoms in total. The van der Waals surface area contributed by atoms with Crippen molar-refractivity contribution in [3.05, 3.63) is 35.7 Å². The summed E-state index contributed by atoms with van der Waals surface area (Å²) in [6, 6.07) is 3.25. The highest BCUT2D eigenvalue weighted by Gasteiger charge is 2.72. The summed E-state index contributed by atoms with van der Waals surface area (Å²) in [5.74, 6) is -2.20. The minimum Gasteiger partial charge on any atom is -0.480 e. The van der Waals surface area contributed by atoms with Gasteiger partial charge in [0.1, 0.15) is 11.4 Å². The summed E-state index contributed by atoms with van der Waals surface area (Å²) >= 11 is 0. The minimum absolute atomic E-state index is 0.0669. The number of β-lactam (4-membered cyclic amide) rings is 1. The van der Waals surface area contributed by atoms with Crippen LogP contribution < -0.4 is 10.6 Å². The van der Waals surface area contributed by atoms with Crippen LogP contribution in [-0.2, 0) is 24.2 Å². The average molecular weight is 496 g/mol. The van der Waals surface area contributed by atoms with Crippen molar-refractivity contribution in [1.29, 1.82) is 0 Å². The lowest BCUT2D eigenvalue weighted by Gasteiger charge is -2.37. The fourth-order valence-electron chi connectivity index (χ4n) is 4.04. The molecule has 186 valence electrons. The summed E-state index contributed by atoms with van der Waals surface area (Å²) in [6.45, 7) is 2.81. The van der Waals surface area contributed by atoms with Crippen molar-refractivity contribution in [3.63, 3.8) is 0 Å². The molecular formula is C21H29N5O7S. The van der Waals surface area contributed by atoms with E-state index >= 15 is 0 Å². The van der Waals surface area contributed by atoms with Crippen LogP contribution in [0.4, 0.5) is 4.79 Å². The van der Waals surface area contributed by atoms with E-state index in [1.165, 1.54) is 19.2 Å². The van der Waals surface area contributed by atoms with Gasteiger partial charge in [0, 0.05) is 32.4 Å². The van der Waals surface area contributed by atoms with Gasteiger partial charge >= 0.3 is 12.1 Å². The molecule has 1 aromatic heterocycles. The third-order valence-corrected chi connectivity index (χ3v) is 8.73. The molecule has 0 aromatic carbocycles. The molecule has 2 amide bonds. The van der Waals surface area contributed by atoms with E-state index in [1.54, 1.807) is 18.2 Å². The number of sulfone groups is 1. The maximum absolute atomic E-state index is 13.4. The van der Waals surface area contributed by atoms with Crippen molar-refractivity contribution in [2.45, 2.75) is 23.1 Å². The minimum atomic E-state index is -4.26. The summed E-state index contributed by atoms with van der Waals surface area (Å²) in [7, 11) is -0.543. The zero-order chi connectivity index (χ0) is 25.1. The second-order valence-corrected chi connectivity index (χ2v) is 10.9. The van der Waals surface area contributed by atoms with Gasteiger partial charge in [-0.2, -0.15) is 0 Å². The number of hydrogen-bond donors (Lipinski definition) is 3. The number of carboxylic acid groups (broad SMARTS) is 1. The number of alkyl carbamates (subject to hydrolysis) is 1. The molecule has 2 saturated heterocycles. The van der Waals surface area contributed by atoms with E-state index < -0.39 is 50.6 Å². The zero-order valence-corrected chi connectivity index (χ0v) is 20.0. The van der Waals surface area contributed by atoms with Crippen LogP contribution in [0.1, 0.15) is 12.6 Å². The number of carbonyl (C=O) groups is 3. The van der Waals surface area contributed by atoms with Crippen LogP contribution in [0.15, 0.2) is 30.0 Å². The number of carboxylic acids is 1. The van der Waals surface area contributed by atoms with Crippen molar-refractivity contribution >= 4 is 33.9 Å². The molecule has 2 aliphatic rings. The van der Waals surface area contributed by atoms with Gasteiger partial charge < -0.3 is 30.3 Å². The van der Waals surface area contributed by atoms with E-state index in [9.17, 15) is 27.9 Å². The molecule has 3 atom stereocenters. The van der Waals surface area contributed by atoms with Gasteiger partial charge in [0.05, 0.1) is 11.3 Å². The highest BCUT2D eigenvalue weighted by atomic mass is 32.2. The Hall–Kier alpha value is -3.03. The number of rotatable bonds is 10. The number of carbonyl (C=O) groups excluding carboxylic acids is 2. The lowest BCUT2D eigenvalue weighted by molar-refractivity contribution is -0.153. The van der Waals surface area contributed by atoms with E-state index in [-0.39, 0.29) is 12.1 Å². The Morgan fingerprint density at radius 1 is 1.32 bits per heavy atom. The van der Waals surface area contributed by atoms with Crippen LogP contribution >= 0.6 is 0 Å². The summed E-state index contributed by atoms with van der Waals surface area (Å²) in [4.78, 5) is 43.8. The molecule has 3 heterocycles. The Morgan fingerprint density at radius 3 is 2.65 bits per heavy atom. The van der Waals surface area contributed by atoms with Crippen LogP contribution in [0.2, 0.25) is 0 Å². The SMILES string of the molecule is CNCCN(C)CCNC(=O)OC[C@@]1(C)[C@H](C(=O)O)N2C(=O)/C(=C/c3ccccn3)[C@H]2S1(=O)=O. The van der Waals surface area contributed by atoms with Crippen LogP contribution in [-0.4, -0.2) is 109 Å². The molecule has 3 rings (SSSR count). The van der Waals surface area contributed by atoms with Crippen LogP contribution in [0.3, 0.4) is 0 Å². The largest absolute Gasteiger partial charge is 0.480 e. The van der Waals surface area contributed by atoms with Crippen molar-refractivity contribution in [2.24, 2.45) is 0 Å². The van der Waals surface area contributed by atoms with Crippen molar-refractivity contribution in [2.75, 3.05) is 46.9 Å². The summed E-state index contributed by atoms with van der Waals surface area (Å²) in [6.07, 6.45) is 1.96. The molecule has 1 aromatic rings. The molecular weight excluding hydrogens is 466 g/mol. The number of nitrogens with zero attached hydrogens (tertiary/aromatic N) is 3. The number of nitrogens with one attached hydrogen (secondary N) is 2. The molecule has 2 fully saturated rings. The molecule has 13 heteroatoms. The molecule has 3 N–H and O–H groups in total. The molecule has 0 aliphatic carbocycles. The number of pyridine rings is 1. The van der Waals surface area contributed by atoms with E-state index in [2.05, 4.69) is 15.6 Å². The van der Waals surface area contributed by atoms with Gasteiger partial charge in [-0.25, -0.2) is 18.0 Å². The molecule has 0 radical (unpaired) electrons. The Bertz CT molecular complexity index is 1080. The lowest BCUT2D eigenvalue weighted by atomic mass is 9.94. The highest BCUT2D eigenvalue weighted by molar-refractivity contribution is 7.94. The molecule has 0 unspecified atom stereocenters. The molecule has 0 bridgehead atoms. The van der Waals surface area contributed by atoms with E-state index in [1.807, 2.05) is 19.0 Å².